The van der Waals surface area contributed by atoms with E-state index >= 15 is 0 Å². The number of carbonyl (C=O) groups is 1. The molecule has 214 valence electrons. The molecular formula is C28H31ClF3N5O3. The van der Waals surface area contributed by atoms with Crippen molar-refractivity contribution >= 4 is 29.1 Å². The average molecular weight is 578 g/mol. The van der Waals surface area contributed by atoms with E-state index in [9.17, 15) is 18.0 Å². The molecule has 0 bridgehead atoms. The molecule has 2 aliphatic rings. The Labute approximate surface area is 236 Å². The zero-order valence-corrected chi connectivity index (χ0v) is 23.2. The molecule has 0 radical (unpaired) electrons. The lowest BCUT2D eigenvalue weighted by molar-refractivity contribution is -0.274. The van der Waals surface area contributed by atoms with Crippen molar-refractivity contribution in [1.29, 1.82) is 5.26 Å². The van der Waals surface area contributed by atoms with Crippen molar-refractivity contribution in [1.82, 2.24) is 9.91 Å². The standard InChI is InChI=1S/C16H16ClN5O.C12H15F3O2/c1-11(19-10-18)22-9-14(21-8-2-3-15(21)23)16(20-22)12-4-6-13(17)7-5-12;1-3-9(4-2)16-10-5-7-11(8-6-10)17-12(13,14)15/h4-7,14H,2-3,8-9H2,1H3;5-9H,3-4H2,1-2H3. The van der Waals surface area contributed by atoms with Crippen LogP contribution in [0.1, 0.15) is 52.0 Å². The molecule has 2 aromatic carbocycles. The minimum atomic E-state index is -4.66. The first-order chi connectivity index (χ1) is 19.0. The summed E-state index contributed by atoms with van der Waals surface area (Å²) in [6.45, 7) is 6.98. The fourth-order valence-corrected chi connectivity index (χ4v) is 4.43. The number of alkyl halides is 3. The number of nitriles is 1. The van der Waals surface area contributed by atoms with Gasteiger partial charge in [-0.25, -0.2) is 5.01 Å². The molecule has 1 atom stereocenters. The van der Waals surface area contributed by atoms with Gasteiger partial charge in [-0.3, -0.25) is 4.79 Å². The van der Waals surface area contributed by atoms with E-state index in [1.165, 1.54) is 24.3 Å². The molecule has 40 heavy (non-hydrogen) atoms. The van der Waals surface area contributed by atoms with E-state index in [2.05, 4.69) is 14.8 Å². The number of hydrogen-bond donors (Lipinski definition) is 0. The quantitative estimate of drug-likeness (QED) is 0.216. The van der Waals surface area contributed by atoms with Crippen LogP contribution in [0.15, 0.2) is 58.6 Å². The van der Waals surface area contributed by atoms with Crippen LogP contribution in [0.5, 0.6) is 11.5 Å². The Kier molecular flexibility index (Phi) is 10.8. The smallest absolute Gasteiger partial charge is 0.490 e. The Morgan fingerprint density at radius 3 is 2.30 bits per heavy atom. The maximum Gasteiger partial charge on any atom is 0.573 e. The summed E-state index contributed by atoms with van der Waals surface area (Å²) in [5, 5.41) is 15.7. The number of nitrogens with zero attached hydrogens (tertiary/aromatic N) is 5. The van der Waals surface area contributed by atoms with E-state index in [0.717, 1.165) is 37.1 Å². The van der Waals surface area contributed by atoms with Crippen molar-refractivity contribution in [2.45, 2.75) is 65.0 Å². The van der Waals surface area contributed by atoms with Crippen LogP contribution >= 0.6 is 11.6 Å². The van der Waals surface area contributed by atoms with Crippen LogP contribution in [0.4, 0.5) is 13.2 Å². The molecule has 4 rings (SSSR count). The number of benzene rings is 2. The maximum atomic E-state index is 12.1. The normalized spacial score (nSPS) is 17.4. The van der Waals surface area contributed by atoms with Gasteiger partial charge in [-0.1, -0.05) is 37.6 Å². The predicted octanol–water partition coefficient (Wildman–Crippen LogP) is 6.40. The van der Waals surface area contributed by atoms with Crippen LogP contribution in [-0.2, 0) is 4.79 Å². The molecule has 1 saturated heterocycles. The number of likely N-dealkylation sites (tertiary alicyclic amines) is 1. The number of hydrogen-bond acceptors (Lipinski definition) is 6. The van der Waals surface area contributed by atoms with Gasteiger partial charge in [0.1, 0.15) is 17.3 Å². The summed E-state index contributed by atoms with van der Waals surface area (Å²) in [5.41, 5.74) is 1.73. The van der Waals surface area contributed by atoms with Gasteiger partial charge in [0, 0.05) is 23.6 Å². The van der Waals surface area contributed by atoms with Gasteiger partial charge in [0.15, 0.2) is 0 Å². The lowest BCUT2D eigenvalue weighted by atomic mass is 10.0. The fraction of sp³-hybridized carbons (Fsp3) is 0.429. The summed E-state index contributed by atoms with van der Waals surface area (Å²) in [6.07, 6.45) is 0.376. The third kappa shape index (κ3) is 8.61. The van der Waals surface area contributed by atoms with Crippen LogP contribution in [0, 0.1) is 11.5 Å². The minimum Gasteiger partial charge on any atom is -0.490 e. The molecule has 2 aliphatic heterocycles. The number of rotatable bonds is 7. The van der Waals surface area contributed by atoms with Crippen molar-refractivity contribution in [2.75, 3.05) is 13.1 Å². The van der Waals surface area contributed by atoms with Crippen molar-refractivity contribution in [2.24, 2.45) is 10.1 Å². The van der Waals surface area contributed by atoms with Crippen molar-refractivity contribution in [3.8, 4) is 17.7 Å². The second-order valence-corrected chi connectivity index (χ2v) is 9.55. The number of halogens is 4. The summed E-state index contributed by atoms with van der Waals surface area (Å²) >= 11 is 5.96. The second kappa shape index (κ2) is 14.0. The van der Waals surface area contributed by atoms with Gasteiger partial charge in [0.05, 0.1) is 24.4 Å². The van der Waals surface area contributed by atoms with Crippen LogP contribution in [0.25, 0.3) is 0 Å². The van der Waals surface area contributed by atoms with Crippen molar-refractivity contribution < 1.29 is 27.4 Å². The highest BCUT2D eigenvalue weighted by molar-refractivity contribution is 6.30. The van der Waals surface area contributed by atoms with E-state index in [0.29, 0.717) is 29.6 Å². The zero-order chi connectivity index (χ0) is 29.3. The number of amidine groups is 1. The highest BCUT2D eigenvalue weighted by Gasteiger charge is 2.38. The molecule has 2 heterocycles. The van der Waals surface area contributed by atoms with E-state index in [1.54, 1.807) is 30.3 Å². The predicted molar refractivity (Wildman–Crippen MR) is 146 cm³/mol. The van der Waals surface area contributed by atoms with E-state index in [1.807, 2.05) is 30.9 Å². The monoisotopic (exact) mass is 577 g/mol. The first kappa shape index (κ1) is 30.8. The number of hydrazone groups is 1. The lowest BCUT2D eigenvalue weighted by Gasteiger charge is -2.25. The number of aliphatic imine (C=N–C) groups is 1. The Balaban J connectivity index is 0.000000232. The molecule has 12 heteroatoms. The van der Waals surface area contributed by atoms with Crippen molar-refractivity contribution in [3.05, 3.63) is 59.1 Å². The Morgan fingerprint density at radius 2 is 1.77 bits per heavy atom. The highest BCUT2D eigenvalue weighted by atomic mass is 35.5. The van der Waals surface area contributed by atoms with Crippen LogP contribution in [-0.4, -0.2) is 59.0 Å². The molecule has 0 saturated carbocycles. The molecule has 0 aromatic heterocycles. The summed E-state index contributed by atoms with van der Waals surface area (Å²) in [4.78, 5) is 17.8. The van der Waals surface area contributed by atoms with Gasteiger partial charge in [-0.2, -0.15) is 15.4 Å². The molecular weight excluding hydrogens is 547 g/mol. The second-order valence-electron chi connectivity index (χ2n) is 9.12. The molecule has 2 aromatic rings. The number of amides is 1. The van der Waals surface area contributed by atoms with E-state index in [4.69, 9.17) is 21.6 Å². The van der Waals surface area contributed by atoms with E-state index < -0.39 is 6.36 Å². The fourth-order valence-electron chi connectivity index (χ4n) is 4.31. The van der Waals surface area contributed by atoms with Gasteiger partial charge in [-0.15, -0.1) is 13.2 Å². The van der Waals surface area contributed by atoms with Crippen LogP contribution in [0.3, 0.4) is 0 Å². The summed E-state index contributed by atoms with van der Waals surface area (Å²) in [5.74, 6) is 0.976. The molecule has 0 N–H and O–H groups in total. The van der Waals surface area contributed by atoms with Gasteiger partial charge in [-0.05, 0) is 62.6 Å². The molecule has 0 aliphatic carbocycles. The number of carbonyl (C=O) groups excluding carboxylic acids is 1. The molecule has 1 unspecified atom stereocenters. The van der Waals surface area contributed by atoms with Crippen LogP contribution < -0.4 is 9.47 Å². The third-order valence-corrected chi connectivity index (χ3v) is 6.62. The first-order valence-corrected chi connectivity index (χ1v) is 13.3. The van der Waals surface area contributed by atoms with Gasteiger partial charge in [0.25, 0.3) is 0 Å². The Bertz CT molecular complexity index is 1240. The third-order valence-electron chi connectivity index (χ3n) is 6.37. The Morgan fingerprint density at radius 1 is 1.15 bits per heavy atom. The summed E-state index contributed by atoms with van der Waals surface area (Å²) in [7, 11) is 0. The minimum absolute atomic E-state index is 0.0874. The van der Waals surface area contributed by atoms with Crippen molar-refractivity contribution in [3.63, 3.8) is 0 Å². The lowest BCUT2D eigenvalue weighted by Crippen LogP contribution is -2.44. The Hall–Kier alpha value is -3.78. The first-order valence-electron chi connectivity index (χ1n) is 12.9. The summed E-state index contributed by atoms with van der Waals surface area (Å²) in [6, 6.07) is 12.7. The topological polar surface area (TPSA) is 90.5 Å². The van der Waals surface area contributed by atoms with Gasteiger partial charge in [0.2, 0.25) is 12.1 Å². The molecule has 0 spiro atoms. The van der Waals surface area contributed by atoms with E-state index in [-0.39, 0.29) is 23.8 Å². The zero-order valence-electron chi connectivity index (χ0n) is 22.5. The maximum absolute atomic E-state index is 12.1. The summed E-state index contributed by atoms with van der Waals surface area (Å²) < 4.78 is 45.0. The molecule has 8 nitrogen and oxygen atoms in total. The highest BCUT2D eigenvalue weighted by Crippen LogP contribution is 2.26. The van der Waals surface area contributed by atoms with Gasteiger partial charge < -0.3 is 14.4 Å². The molecule has 1 fully saturated rings. The SMILES string of the molecule is CC(=NC#N)N1CC(N2CCCC2=O)C(c2ccc(Cl)cc2)=N1.CCC(CC)Oc1ccc(OC(F)(F)F)cc1. The van der Waals surface area contributed by atoms with Crippen LogP contribution in [0.2, 0.25) is 5.02 Å². The average Bonchev–Trinajstić information content (AvgIpc) is 3.54. The largest absolute Gasteiger partial charge is 0.573 e. The number of ether oxygens (including phenoxy) is 2. The van der Waals surface area contributed by atoms with Gasteiger partial charge >= 0.3 is 6.36 Å². The molecule has 1 amide bonds.